The fraction of sp³-hybridized carbons (Fsp3) is 0.917. The van der Waals surface area contributed by atoms with Gasteiger partial charge in [0.25, 0.3) is 0 Å². The van der Waals surface area contributed by atoms with Crippen molar-refractivity contribution in [1.29, 1.82) is 0 Å². The van der Waals surface area contributed by atoms with Crippen LogP contribution in [0.1, 0.15) is 47.0 Å². The Bertz CT molecular complexity index is 150. The molecule has 0 bridgehead atoms. The minimum absolute atomic E-state index is 0.226. The Balaban J connectivity index is 3.23. The van der Waals surface area contributed by atoms with E-state index in [1.165, 1.54) is 6.42 Å². The average Bonchev–Trinajstić information content (AvgIpc) is 2.01. The second-order valence-corrected chi connectivity index (χ2v) is 4.73. The van der Waals surface area contributed by atoms with E-state index in [1.54, 1.807) is 0 Å². The van der Waals surface area contributed by atoms with Crippen LogP contribution in [-0.2, 0) is 9.53 Å². The maximum atomic E-state index is 11.2. The van der Waals surface area contributed by atoms with Gasteiger partial charge in [-0.05, 0) is 24.7 Å². The van der Waals surface area contributed by atoms with E-state index in [9.17, 15) is 4.79 Å². The van der Waals surface area contributed by atoms with Gasteiger partial charge in [0, 0.05) is 13.0 Å². The zero-order valence-corrected chi connectivity index (χ0v) is 10.0. The van der Waals surface area contributed by atoms with Gasteiger partial charge in [0.15, 0.2) is 5.78 Å². The molecule has 0 aliphatic carbocycles. The molecule has 0 unspecified atom stereocenters. The van der Waals surface area contributed by atoms with Crippen molar-refractivity contribution in [2.75, 3.05) is 13.2 Å². The summed E-state index contributed by atoms with van der Waals surface area (Å²) < 4.78 is 5.30. The molecule has 0 atom stereocenters. The Morgan fingerprint density at radius 2 is 1.79 bits per heavy atom. The summed E-state index contributed by atoms with van der Waals surface area (Å²) in [5, 5.41) is 0. The number of rotatable bonds is 8. The summed E-state index contributed by atoms with van der Waals surface area (Å²) in [6.45, 7) is 9.53. The number of ketones is 1. The van der Waals surface area contributed by atoms with Crippen molar-refractivity contribution < 1.29 is 9.53 Å². The summed E-state index contributed by atoms with van der Waals surface area (Å²) in [5.41, 5.74) is 0. The first-order valence-electron chi connectivity index (χ1n) is 5.61. The predicted molar refractivity (Wildman–Crippen MR) is 59.4 cm³/mol. The number of Topliss-reactive ketones (excluding diaryl/α,β-unsaturated/α-hetero) is 1. The van der Waals surface area contributed by atoms with Crippen LogP contribution in [0.2, 0.25) is 0 Å². The molecule has 14 heavy (non-hydrogen) atoms. The first-order valence-corrected chi connectivity index (χ1v) is 5.61. The van der Waals surface area contributed by atoms with Crippen molar-refractivity contribution in [1.82, 2.24) is 0 Å². The number of carbonyl (C=O) groups excluding carboxylic acids is 1. The quantitative estimate of drug-likeness (QED) is 0.563. The van der Waals surface area contributed by atoms with Gasteiger partial charge in [-0.15, -0.1) is 0 Å². The molecule has 0 fully saturated rings. The van der Waals surface area contributed by atoms with Gasteiger partial charge in [0.2, 0.25) is 0 Å². The van der Waals surface area contributed by atoms with Gasteiger partial charge < -0.3 is 4.74 Å². The van der Waals surface area contributed by atoms with E-state index in [4.69, 9.17) is 4.74 Å². The zero-order chi connectivity index (χ0) is 11.0. The smallest absolute Gasteiger partial charge is 0.158 e. The molecule has 0 aliphatic rings. The second-order valence-electron chi connectivity index (χ2n) is 4.73. The van der Waals surface area contributed by atoms with Crippen molar-refractivity contribution in [2.24, 2.45) is 11.8 Å². The van der Waals surface area contributed by atoms with Crippen molar-refractivity contribution in [3.63, 3.8) is 0 Å². The lowest BCUT2D eigenvalue weighted by atomic mass is 10.1. The number of carbonyl (C=O) groups is 1. The van der Waals surface area contributed by atoms with Crippen LogP contribution in [0.25, 0.3) is 0 Å². The molecule has 0 aliphatic heterocycles. The molecular formula is C12H24O2. The van der Waals surface area contributed by atoms with Crippen LogP contribution < -0.4 is 0 Å². The first kappa shape index (κ1) is 13.6. The Morgan fingerprint density at radius 3 is 2.29 bits per heavy atom. The van der Waals surface area contributed by atoms with Crippen molar-refractivity contribution in [3.8, 4) is 0 Å². The maximum Gasteiger partial charge on any atom is 0.158 e. The van der Waals surface area contributed by atoms with Crippen LogP contribution in [0, 0.1) is 11.8 Å². The number of hydrogen-bond acceptors (Lipinski definition) is 2. The van der Waals surface area contributed by atoms with Gasteiger partial charge in [-0.25, -0.2) is 0 Å². The highest BCUT2D eigenvalue weighted by Crippen LogP contribution is 2.04. The topological polar surface area (TPSA) is 26.3 Å². The summed E-state index contributed by atoms with van der Waals surface area (Å²) in [4.78, 5) is 11.2. The molecule has 0 amide bonds. The molecule has 0 radical (unpaired) electrons. The SMILES string of the molecule is CC(C)CCCOCC(=O)CC(C)C. The molecule has 2 nitrogen and oxygen atoms in total. The van der Waals surface area contributed by atoms with Gasteiger partial charge in [-0.3, -0.25) is 4.79 Å². The van der Waals surface area contributed by atoms with E-state index in [1.807, 2.05) is 0 Å². The fourth-order valence-corrected chi connectivity index (χ4v) is 1.29. The Kier molecular flexibility index (Phi) is 7.77. The minimum Gasteiger partial charge on any atom is -0.374 e. The lowest BCUT2D eigenvalue weighted by molar-refractivity contribution is -0.124. The average molecular weight is 200 g/mol. The first-order chi connectivity index (χ1) is 6.52. The molecular weight excluding hydrogens is 176 g/mol. The van der Waals surface area contributed by atoms with Crippen molar-refractivity contribution >= 4 is 5.78 Å². The van der Waals surface area contributed by atoms with Crippen molar-refractivity contribution in [2.45, 2.75) is 47.0 Å². The lowest BCUT2D eigenvalue weighted by Gasteiger charge is -2.06. The van der Waals surface area contributed by atoms with E-state index < -0.39 is 0 Å². The molecule has 84 valence electrons. The highest BCUT2D eigenvalue weighted by atomic mass is 16.5. The van der Waals surface area contributed by atoms with Crippen LogP contribution >= 0.6 is 0 Å². The van der Waals surface area contributed by atoms with Gasteiger partial charge in [-0.2, -0.15) is 0 Å². The van der Waals surface area contributed by atoms with Gasteiger partial charge in [0.05, 0.1) is 0 Å². The lowest BCUT2D eigenvalue weighted by Crippen LogP contribution is -2.11. The van der Waals surface area contributed by atoms with Crippen molar-refractivity contribution in [3.05, 3.63) is 0 Å². The third kappa shape index (κ3) is 9.72. The molecule has 0 heterocycles. The summed E-state index contributed by atoms with van der Waals surface area (Å²) >= 11 is 0. The summed E-state index contributed by atoms with van der Waals surface area (Å²) in [6.07, 6.45) is 2.88. The largest absolute Gasteiger partial charge is 0.374 e. The van der Waals surface area contributed by atoms with Gasteiger partial charge >= 0.3 is 0 Å². The molecule has 2 heteroatoms. The fourth-order valence-electron chi connectivity index (χ4n) is 1.29. The third-order valence-electron chi connectivity index (χ3n) is 1.97. The van der Waals surface area contributed by atoms with E-state index in [2.05, 4.69) is 27.7 Å². The molecule has 0 rings (SSSR count). The van der Waals surface area contributed by atoms with E-state index >= 15 is 0 Å². The summed E-state index contributed by atoms with van der Waals surface area (Å²) in [6, 6.07) is 0. The highest BCUT2D eigenvalue weighted by Gasteiger charge is 2.04. The van der Waals surface area contributed by atoms with Crippen LogP contribution in [-0.4, -0.2) is 19.0 Å². The molecule has 0 N–H and O–H groups in total. The summed E-state index contributed by atoms with van der Waals surface area (Å²) in [7, 11) is 0. The van der Waals surface area contributed by atoms with E-state index in [-0.39, 0.29) is 5.78 Å². The van der Waals surface area contributed by atoms with Gasteiger partial charge in [0.1, 0.15) is 6.61 Å². The van der Waals surface area contributed by atoms with E-state index in [0.717, 1.165) is 18.9 Å². The van der Waals surface area contributed by atoms with E-state index in [0.29, 0.717) is 18.9 Å². The predicted octanol–water partition coefficient (Wildman–Crippen LogP) is 3.05. The molecule has 0 aromatic carbocycles. The number of hydrogen-bond donors (Lipinski definition) is 0. The van der Waals surface area contributed by atoms with Gasteiger partial charge in [-0.1, -0.05) is 27.7 Å². The molecule has 0 aromatic heterocycles. The summed E-state index contributed by atoms with van der Waals surface area (Å²) in [5.74, 6) is 1.40. The number of ether oxygens (including phenoxy) is 1. The normalized spacial score (nSPS) is 11.3. The minimum atomic E-state index is 0.226. The zero-order valence-electron chi connectivity index (χ0n) is 10.0. The molecule has 0 saturated heterocycles. The Morgan fingerprint density at radius 1 is 1.14 bits per heavy atom. The van der Waals surface area contributed by atoms with Crippen LogP contribution in [0.5, 0.6) is 0 Å². The monoisotopic (exact) mass is 200 g/mol. The third-order valence-corrected chi connectivity index (χ3v) is 1.97. The molecule has 0 spiro atoms. The molecule has 0 aromatic rings. The highest BCUT2D eigenvalue weighted by molar-refractivity contribution is 5.79. The Labute approximate surface area is 88.0 Å². The molecule has 0 saturated carbocycles. The second kappa shape index (κ2) is 7.98. The maximum absolute atomic E-state index is 11.2. The van der Waals surface area contributed by atoms with Crippen LogP contribution in [0.3, 0.4) is 0 Å². The standard InChI is InChI=1S/C12H24O2/c1-10(2)6-5-7-14-9-12(13)8-11(3)4/h10-11H,5-9H2,1-4H3. The Hall–Kier alpha value is -0.370. The van der Waals surface area contributed by atoms with Crippen LogP contribution in [0.4, 0.5) is 0 Å². The van der Waals surface area contributed by atoms with Crippen LogP contribution in [0.15, 0.2) is 0 Å².